The van der Waals surface area contributed by atoms with Gasteiger partial charge in [-0.15, -0.1) is 0 Å². The Kier molecular flexibility index (Phi) is 7.08. The van der Waals surface area contributed by atoms with Crippen LogP contribution >= 0.6 is 0 Å². The van der Waals surface area contributed by atoms with Gasteiger partial charge in [-0.3, -0.25) is 0 Å². The van der Waals surface area contributed by atoms with Crippen LogP contribution in [-0.4, -0.2) is 37.1 Å². The Balaban J connectivity index is 1.02. The van der Waals surface area contributed by atoms with Crippen LogP contribution in [0.2, 0.25) is 0 Å². The summed E-state index contributed by atoms with van der Waals surface area (Å²) in [5.74, 6) is 6.32. The number of carbonyl (C=O) groups excluding carboxylic acids is 2. The topological polar surface area (TPSA) is 73.9 Å². The van der Waals surface area contributed by atoms with Crippen molar-refractivity contribution in [2.24, 2.45) is 5.92 Å². The van der Waals surface area contributed by atoms with Gasteiger partial charge in [0.2, 0.25) is 6.29 Å². The number of rotatable bonds is 5. The first-order valence-electron chi connectivity index (χ1n) is 13.7. The van der Waals surface area contributed by atoms with E-state index in [0.717, 1.165) is 12.8 Å². The number of hydrogen-bond donors (Lipinski definition) is 1. The van der Waals surface area contributed by atoms with Crippen LogP contribution in [0.25, 0.3) is 11.1 Å². The van der Waals surface area contributed by atoms with Crippen molar-refractivity contribution in [3.8, 4) is 23.0 Å². The molecule has 3 aliphatic rings. The van der Waals surface area contributed by atoms with Crippen molar-refractivity contribution in [1.82, 2.24) is 5.32 Å². The molecule has 0 bridgehead atoms. The molecule has 1 saturated carbocycles. The molecule has 1 heterocycles. The minimum Gasteiger partial charge on any atom is -0.449 e. The zero-order valence-corrected chi connectivity index (χ0v) is 21.9. The maximum atomic E-state index is 12.9. The van der Waals surface area contributed by atoms with Crippen LogP contribution in [0.5, 0.6) is 0 Å². The molecular weight excluding hydrogens is 490 g/mol. The Labute approximate surface area is 228 Å². The van der Waals surface area contributed by atoms with Gasteiger partial charge in [-0.1, -0.05) is 72.5 Å². The molecule has 1 N–H and O–H groups in total. The van der Waals surface area contributed by atoms with Gasteiger partial charge in [-0.05, 0) is 60.6 Å². The van der Waals surface area contributed by atoms with E-state index in [1.165, 1.54) is 22.3 Å². The summed E-state index contributed by atoms with van der Waals surface area (Å²) in [6.45, 7) is 2.12. The fraction of sp³-hybridized carbons (Fsp3) is 0.333. The number of nitrogens with one attached hydrogen (secondary N) is 1. The number of benzene rings is 3. The Bertz CT molecular complexity index is 1400. The summed E-state index contributed by atoms with van der Waals surface area (Å²) in [4.78, 5) is 25.6. The molecule has 39 heavy (non-hydrogen) atoms. The number of ether oxygens (including phenoxy) is 3. The molecule has 6 rings (SSSR count). The van der Waals surface area contributed by atoms with Crippen LogP contribution in [0.3, 0.4) is 0 Å². The largest absolute Gasteiger partial charge is 0.449 e. The zero-order valence-electron chi connectivity index (χ0n) is 21.9. The average Bonchev–Trinajstić information content (AvgIpc) is 3.73. The van der Waals surface area contributed by atoms with Crippen molar-refractivity contribution in [3.05, 3.63) is 95.1 Å². The van der Waals surface area contributed by atoms with Gasteiger partial charge in [0.1, 0.15) is 6.61 Å². The Hall–Kier alpha value is -4.08. The number of hydrogen-bond acceptors (Lipinski definition) is 5. The van der Waals surface area contributed by atoms with Gasteiger partial charge < -0.3 is 19.5 Å². The highest BCUT2D eigenvalue weighted by molar-refractivity contribution is 5.92. The van der Waals surface area contributed by atoms with Gasteiger partial charge in [-0.25, -0.2) is 9.59 Å². The van der Waals surface area contributed by atoms with Crippen molar-refractivity contribution in [3.63, 3.8) is 0 Å². The van der Waals surface area contributed by atoms with E-state index in [0.29, 0.717) is 29.9 Å². The van der Waals surface area contributed by atoms with Gasteiger partial charge in [0.05, 0.1) is 17.7 Å². The number of esters is 1. The molecule has 1 amide bonds. The first-order chi connectivity index (χ1) is 19.1. The standard InChI is InChI=1S/C33H31NO5/c1-21-30(18-19-31(38-21)39-32(35)24-9-3-2-8-23(24)17-16-22-14-15-22)34-33(36)37-20-29-27-12-6-4-10-25(27)26-11-5-7-13-28(26)29/h2-13,21-22,29-31H,14-15,18-20H2,1H3,(H,34,36). The Morgan fingerprint density at radius 1 is 0.897 bits per heavy atom. The fourth-order valence-corrected chi connectivity index (χ4v) is 5.38. The summed E-state index contributed by atoms with van der Waals surface area (Å²) in [7, 11) is 0. The minimum absolute atomic E-state index is 0.00353. The van der Waals surface area contributed by atoms with Gasteiger partial charge in [-0.2, -0.15) is 0 Å². The van der Waals surface area contributed by atoms with Crippen molar-refractivity contribution >= 4 is 12.1 Å². The lowest BCUT2D eigenvalue weighted by Gasteiger charge is -2.34. The first kappa shape index (κ1) is 25.2. The third-order valence-corrected chi connectivity index (χ3v) is 7.67. The maximum absolute atomic E-state index is 12.9. The van der Waals surface area contributed by atoms with Crippen molar-refractivity contribution in [1.29, 1.82) is 0 Å². The van der Waals surface area contributed by atoms with Crippen LogP contribution in [0.1, 0.15) is 65.6 Å². The van der Waals surface area contributed by atoms with Gasteiger partial charge in [0.15, 0.2) is 0 Å². The number of alkyl carbamates (subject to hydrolysis) is 1. The summed E-state index contributed by atoms with van der Waals surface area (Å²) >= 11 is 0. The summed E-state index contributed by atoms with van der Waals surface area (Å²) in [6, 6.07) is 23.5. The van der Waals surface area contributed by atoms with Crippen molar-refractivity contribution in [2.75, 3.05) is 6.61 Å². The third-order valence-electron chi connectivity index (χ3n) is 7.67. The maximum Gasteiger partial charge on any atom is 0.407 e. The van der Waals surface area contributed by atoms with E-state index < -0.39 is 18.4 Å². The van der Waals surface area contributed by atoms with E-state index in [2.05, 4.69) is 41.4 Å². The molecule has 3 aromatic rings. The number of amides is 1. The highest BCUT2D eigenvalue weighted by Crippen LogP contribution is 2.44. The monoisotopic (exact) mass is 521 g/mol. The minimum atomic E-state index is -0.683. The van der Waals surface area contributed by atoms with Gasteiger partial charge >= 0.3 is 12.1 Å². The summed E-state index contributed by atoms with van der Waals surface area (Å²) in [5.41, 5.74) is 5.84. The van der Waals surface area contributed by atoms with Crippen LogP contribution in [0.4, 0.5) is 4.79 Å². The molecule has 1 saturated heterocycles. The lowest BCUT2D eigenvalue weighted by atomic mass is 9.98. The average molecular weight is 522 g/mol. The number of carbonyl (C=O) groups is 2. The lowest BCUT2D eigenvalue weighted by Crippen LogP contribution is -2.49. The molecule has 0 aromatic heterocycles. The van der Waals surface area contributed by atoms with Crippen LogP contribution < -0.4 is 5.32 Å². The second-order valence-electron chi connectivity index (χ2n) is 10.4. The predicted octanol–water partition coefficient (Wildman–Crippen LogP) is 6.04. The van der Waals surface area contributed by atoms with Crippen LogP contribution in [0, 0.1) is 17.8 Å². The SMILES string of the molecule is CC1OC(OC(=O)c2ccccc2C#CC2CC2)CCC1NC(=O)OCC1c2ccccc2-c2ccccc21. The van der Waals surface area contributed by atoms with Gasteiger partial charge in [0, 0.05) is 23.8 Å². The van der Waals surface area contributed by atoms with Gasteiger partial charge in [0.25, 0.3) is 0 Å². The molecule has 3 atom stereocenters. The quantitative estimate of drug-likeness (QED) is 0.328. The van der Waals surface area contributed by atoms with E-state index in [9.17, 15) is 9.59 Å². The molecule has 2 fully saturated rings. The lowest BCUT2D eigenvalue weighted by molar-refractivity contribution is -0.169. The second-order valence-corrected chi connectivity index (χ2v) is 10.4. The predicted molar refractivity (Wildman–Crippen MR) is 147 cm³/mol. The van der Waals surface area contributed by atoms with Crippen molar-refractivity contribution < 1.29 is 23.8 Å². The summed E-state index contributed by atoms with van der Waals surface area (Å²) in [6.07, 6.45) is 1.82. The Morgan fingerprint density at radius 3 is 2.26 bits per heavy atom. The normalized spacial score (nSPS) is 21.6. The first-order valence-corrected chi connectivity index (χ1v) is 13.7. The van der Waals surface area contributed by atoms with E-state index in [1.54, 1.807) is 12.1 Å². The van der Waals surface area contributed by atoms with E-state index in [4.69, 9.17) is 14.2 Å². The molecule has 3 unspecified atom stereocenters. The van der Waals surface area contributed by atoms with Crippen LogP contribution in [0.15, 0.2) is 72.8 Å². The molecule has 0 radical (unpaired) electrons. The molecular formula is C33H31NO5. The van der Waals surface area contributed by atoms with Crippen LogP contribution in [-0.2, 0) is 14.2 Å². The molecule has 6 heteroatoms. The van der Waals surface area contributed by atoms with Crippen molar-refractivity contribution in [2.45, 2.75) is 57.0 Å². The molecule has 3 aromatic carbocycles. The van der Waals surface area contributed by atoms with E-state index >= 15 is 0 Å². The highest BCUT2D eigenvalue weighted by Gasteiger charge is 2.33. The third kappa shape index (κ3) is 5.55. The molecule has 1 aliphatic heterocycles. The molecule has 0 spiro atoms. The summed E-state index contributed by atoms with van der Waals surface area (Å²) in [5, 5.41) is 2.94. The van der Waals surface area contributed by atoms with E-state index in [1.807, 2.05) is 43.3 Å². The number of fused-ring (bicyclic) bond motifs is 3. The second kappa shape index (κ2) is 11.0. The zero-order chi connectivity index (χ0) is 26.8. The highest BCUT2D eigenvalue weighted by atomic mass is 16.7. The molecule has 6 nitrogen and oxygen atoms in total. The smallest absolute Gasteiger partial charge is 0.407 e. The summed E-state index contributed by atoms with van der Waals surface area (Å²) < 4.78 is 17.3. The Morgan fingerprint density at radius 2 is 1.56 bits per heavy atom. The molecule has 198 valence electrons. The molecule has 2 aliphatic carbocycles. The van der Waals surface area contributed by atoms with E-state index in [-0.39, 0.29) is 24.7 Å². The fourth-order valence-electron chi connectivity index (χ4n) is 5.38.